The van der Waals surface area contributed by atoms with Crippen molar-refractivity contribution in [1.82, 2.24) is 15.0 Å². The standard InChI is InChI=1S/C18H18N4OS2/c1-3-13-5-7-14(8-6-13)15-11-24-18(21-15)22-16(23)12(2)25-17-19-9-4-10-20-17/h4-12H,3H2,1-2H3,(H,21,22,23)/t12-/m0/s1. The number of aromatic nitrogens is 3. The molecule has 1 aromatic carbocycles. The molecule has 0 spiro atoms. The molecule has 0 bridgehead atoms. The van der Waals surface area contributed by atoms with Crippen LogP contribution in [0.5, 0.6) is 0 Å². The molecule has 7 heteroatoms. The number of anilines is 1. The second kappa shape index (κ2) is 8.22. The molecule has 3 aromatic rings. The van der Waals surface area contributed by atoms with Crippen LogP contribution in [0.1, 0.15) is 19.4 Å². The van der Waals surface area contributed by atoms with Gasteiger partial charge in [-0.3, -0.25) is 4.79 Å². The molecule has 0 aliphatic heterocycles. The van der Waals surface area contributed by atoms with Crippen molar-refractivity contribution in [3.8, 4) is 11.3 Å². The zero-order valence-electron chi connectivity index (χ0n) is 14.0. The van der Waals surface area contributed by atoms with Gasteiger partial charge in [0, 0.05) is 23.3 Å². The molecule has 0 fully saturated rings. The highest BCUT2D eigenvalue weighted by molar-refractivity contribution is 8.00. The van der Waals surface area contributed by atoms with Gasteiger partial charge in [0.05, 0.1) is 10.9 Å². The molecule has 2 aromatic heterocycles. The second-order valence-electron chi connectivity index (χ2n) is 5.37. The van der Waals surface area contributed by atoms with Crippen molar-refractivity contribution in [2.75, 3.05) is 5.32 Å². The Morgan fingerprint density at radius 3 is 2.64 bits per heavy atom. The maximum absolute atomic E-state index is 12.3. The van der Waals surface area contributed by atoms with Crippen LogP contribution in [0, 0.1) is 0 Å². The number of thiazole rings is 1. The summed E-state index contributed by atoms with van der Waals surface area (Å²) < 4.78 is 0. The SMILES string of the molecule is CCc1ccc(-c2csc(NC(=O)[C@H](C)Sc3ncccn3)n2)cc1. The predicted molar refractivity (Wildman–Crippen MR) is 103 cm³/mol. The van der Waals surface area contributed by atoms with Crippen molar-refractivity contribution in [2.24, 2.45) is 0 Å². The van der Waals surface area contributed by atoms with Gasteiger partial charge in [-0.05, 0) is 25.0 Å². The summed E-state index contributed by atoms with van der Waals surface area (Å²) in [7, 11) is 0. The summed E-state index contributed by atoms with van der Waals surface area (Å²) in [6.45, 7) is 3.96. The van der Waals surface area contributed by atoms with Crippen LogP contribution >= 0.6 is 23.1 Å². The summed E-state index contributed by atoms with van der Waals surface area (Å²) in [5, 5.41) is 5.70. The van der Waals surface area contributed by atoms with Gasteiger partial charge < -0.3 is 5.32 Å². The van der Waals surface area contributed by atoms with Gasteiger partial charge in [-0.25, -0.2) is 15.0 Å². The van der Waals surface area contributed by atoms with Gasteiger partial charge in [-0.1, -0.05) is 43.0 Å². The topological polar surface area (TPSA) is 67.8 Å². The van der Waals surface area contributed by atoms with Crippen molar-refractivity contribution in [1.29, 1.82) is 0 Å². The minimum atomic E-state index is -0.307. The van der Waals surface area contributed by atoms with E-state index in [1.165, 1.54) is 28.7 Å². The number of aryl methyl sites for hydroxylation is 1. The third-order valence-electron chi connectivity index (χ3n) is 3.59. The summed E-state index contributed by atoms with van der Waals surface area (Å²) in [4.78, 5) is 25.1. The minimum Gasteiger partial charge on any atom is -0.301 e. The smallest absolute Gasteiger partial charge is 0.239 e. The minimum absolute atomic E-state index is 0.111. The van der Waals surface area contributed by atoms with Crippen LogP contribution in [-0.2, 0) is 11.2 Å². The Labute approximate surface area is 155 Å². The maximum atomic E-state index is 12.3. The largest absolute Gasteiger partial charge is 0.301 e. The Balaban J connectivity index is 1.63. The predicted octanol–water partition coefficient (Wildman–Crippen LogP) is 4.28. The number of carbonyl (C=O) groups is 1. The first kappa shape index (κ1) is 17.6. The first-order valence-corrected chi connectivity index (χ1v) is 9.71. The van der Waals surface area contributed by atoms with Crippen LogP contribution in [-0.4, -0.2) is 26.1 Å². The van der Waals surface area contributed by atoms with E-state index in [1.807, 2.05) is 12.3 Å². The van der Waals surface area contributed by atoms with Crippen LogP contribution < -0.4 is 5.32 Å². The van der Waals surface area contributed by atoms with Crippen LogP contribution in [0.2, 0.25) is 0 Å². The van der Waals surface area contributed by atoms with Gasteiger partial charge in [-0.15, -0.1) is 11.3 Å². The van der Waals surface area contributed by atoms with Gasteiger partial charge in [0.1, 0.15) is 0 Å². The van der Waals surface area contributed by atoms with E-state index in [2.05, 4.69) is 51.5 Å². The zero-order valence-corrected chi connectivity index (χ0v) is 15.6. The molecule has 2 heterocycles. The molecule has 1 amide bonds. The Kier molecular flexibility index (Phi) is 5.78. The van der Waals surface area contributed by atoms with E-state index in [-0.39, 0.29) is 11.2 Å². The van der Waals surface area contributed by atoms with E-state index in [1.54, 1.807) is 18.5 Å². The molecule has 0 saturated heterocycles. The Bertz CT molecular complexity index is 834. The lowest BCUT2D eigenvalue weighted by atomic mass is 10.1. The quantitative estimate of drug-likeness (QED) is 0.518. The fraction of sp³-hybridized carbons (Fsp3) is 0.222. The van der Waals surface area contributed by atoms with Crippen LogP contribution in [0.4, 0.5) is 5.13 Å². The van der Waals surface area contributed by atoms with Crippen LogP contribution in [0.25, 0.3) is 11.3 Å². The second-order valence-corrected chi connectivity index (χ2v) is 7.54. The van der Waals surface area contributed by atoms with Gasteiger partial charge in [0.25, 0.3) is 0 Å². The monoisotopic (exact) mass is 370 g/mol. The number of carbonyl (C=O) groups excluding carboxylic acids is 1. The van der Waals surface area contributed by atoms with Crippen molar-refractivity contribution in [3.63, 3.8) is 0 Å². The Morgan fingerprint density at radius 2 is 1.96 bits per heavy atom. The molecule has 1 atom stereocenters. The molecule has 1 N–H and O–H groups in total. The van der Waals surface area contributed by atoms with E-state index in [0.717, 1.165) is 17.7 Å². The molecule has 0 aliphatic rings. The van der Waals surface area contributed by atoms with E-state index < -0.39 is 0 Å². The summed E-state index contributed by atoms with van der Waals surface area (Å²) >= 11 is 2.74. The number of rotatable bonds is 6. The highest BCUT2D eigenvalue weighted by Gasteiger charge is 2.17. The van der Waals surface area contributed by atoms with Gasteiger partial charge in [-0.2, -0.15) is 0 Å². The zero-order chi connectivity index (χ0) is 17.6. The number of thioether (sulfide) groups is 1. The summed E-state index contributed by atoms with van der Waals surface area (Å²) in [6.07, 6.45) is 4.34. The Hall–Kier alpha value is -2.25. The molecule has 0 radical (unpaired) electrons. The molecule has 0 aliphatic carbocycles. The van der Waals surface area contributed by atoms with Gasteiger partial charge in [0.15, 0.2) is 10.3 Å². The summed E-state index contributed by atoms with van der Waals surface area (Å²) in [6, 6.07) is 10.1. The van der Waals surface area contributed by atoms with Gasteiger partial charge in [0.2, 0.25) is 5.91 Å². The molecule has 128 valence electrons. The first-order valence-electron chi connectivity index (χ1n) is 7.95. The highest BCUT2D eigenvalue weighted by Crippen LogP contribution is 2.26. The Morgan fingerprint density at radius 1 is 1.24 bits per heavy atom. The van der Waals surface area contributed by atoms with Crippen molar-refractivity contribution >= 4 is 34.1 Å². The molecule has 3 rings (SSSR count). The maximum Gasteiger partial charge on any atom is 0.239 e. The van der Waals surface area contributed by atoms with E-state index in [0.29, 0.717) is 10.3 Å². The molecule has 0 unspecified atom stereocenters. The van der Waals surface area contributed by atoms with Gasteiger partial charge >= 0.3 is 0 Å². The average molecular weight is 371 g/mol. The highest BCUT2D eigenvalue weighted by atomic mass is 32.2. The third-order valence-corrected chi connectivity index (χ3v) is 5.33. The number of nitrogens with one attached hydrogen (secondary N) is 1. The number of amides is 1. The van der Waals surface area contributed by atoms with E-state index in [9.17, 15) is 4.79 Å². The van der Waals surface area contributed by atoms with Crippen molar-refractivity contribution in [3.05, 3.63) is 53.7 Å². The summed E-state index contributed by atoms with van der Waals surface area (Å²) in [5.41, 5.74) is 3.21. The first-order chi connectivity index (χ1) is 12.2. The molecular formula is C18H18N4OS2. The normalized spacial score (nSPS) is 11.9. The number of hydrogen-bond donors (Lipinski definition) is 1. The lowest BCUT2D eigenvalue weighted by molar-refractivity contribution is -0.115. The number of benzene rings is 1. The molecule has 5 nitrogen and oxygen atoms in total. The fourth-order valence-corrected chi connectivity index (χ4v) is 3.59. The fourth-order valence-electron chi connectivity index (χ4n) is 2.14. The van der Waals surface area contributed by atoms with Crippen molar-refractivity contribution in [2.45, 2.75) is 30.7 Å². The van der Waals surface area contributed by atoms with Crippen molar-refractivity contribution < 1.29 is 4.79 Å². The molecule has 25 heavy (non-hydrogen) atoms. The molecular weight excluding hydrogens is 352 g/mol. The van der Waals surface area contributed by atoms with E-state index in [4.69, 9.17) is 0 Å². The number of hydrogen-bond acceptors (Lipinski definition) is 6. The third kappa shape index (κ3) is 4.64. The van der Waals surface area contributed by atoms with E-state index >= 15 is 0 Å². The van der Waals surface area contributed by atoms with Crippen LogP contribution in [0.3, 0.4) is 0 Å². The molecule has 0 saturated carbocycles. The summed E-state index contributed by atoms with van der Waals surface area (Å²) in [5.74, 6) is -0.111. The average Bonchev–Trinajstić information content (AvgIpc) is 3.11. The lowest BCUT2D eigenvalue weighted by Gasteiger charge is -2.08. The van der Waals surface area contributed by atoms with Crippen LogP contribution in [0.15, 0.2) is 53.3 Å². The lowest BCUT2D eigenvalue weighted by Crippen LogP contribution is -2.22. The number of nitrogens with zero attached hydrogens (tertiary/aromatic N) is 3.